The van der Waals surface area contributed by atoms with E-state index < -0.39 is 0 Å². The first-order valence-corrected chi connectivity index (χ1v) is 7.94. The van der Waals surface area contributed by atoms with E-state index in [1.165, 1.54) is 16.7 Å². The van der Waals surface area contributed by atoms with Crippen LogP contribution in [0.5, 0.6) is 5.75 Å². The van der Waals surface area contributed by atoms with E-state index in [9.17, 15) is 10.2 Å². The summed E-state index contributed by atoms with van der Waals surface area (Å²) in [6.07, 6.45) is 3.74. The molecule has 0 amide bonds. The molecule has 2 heteroatoms. The quantitative estimate of drug-likeness (QED) is 0.765. The number of aromatic hydroxyl groups is 1. The molecule has 0 aliphatic heterocycles. The zero-order valence-corrected chi connectivity index (χ0v) is 12.7. The molecule has 0 radical (unpaired) electrons. The first kappa shape index (κ1) is 13.1. The SMILES string of the molecule is Cc1ccc(O)c2c3c(ccc12)[C@@H]1CC[C@H](O)[C@@]1(C)CC3. The lowest BCUT2D eigenvalue weighted by atomic mass is 9.65. The molecule has 2 nitrogen and oxygen atoms in total. The largest absolute Gasteiger partial charge is 0.507 e. The maximum atomic E-state index is 10.4. The third-order valence-corrected chi connectivity index (χ3v) is 6.10. The van der Waals surface area contributed by atoms with Crippen molar-refractivity contribution in [3.05, 3.63) is 41.0 Å². The summed E-state index contributed by atoms with van der Waals surface area (Å²) in [6, 6.07) is 8.19. The highest BCUT2D eigenvalue weighted by Crippen LogP contribution is 2.56. The molecule has 21 heavy (non-hydrogen) atoms. The number of phenols is 1. The lowest BCUT2D eigenvalue weighted by molar-refractivity contribution is 0.0459. The summed E-state index contributed by atoms with van der Waals surface area (Å²) < 4.78 is 0. The van der Waals surface area contributed by atoms with Gasteiger partial charge in [-0.2, -0.15) is 0 Å². The second kappa shape index (κ2) is 4.23. The van der Waals surface area contributed by atoms with Gasteiger partial charge in [0.15, 0.2) is 0 Å². The van der Waals surface area contributed by atoms with Crippen molar-refractivity contribution in [3.8, 4) is 5.75 Å². The Hall–Kier alpha value is -1.54. The van der Waals surface area contributed by atoms with E-state index in [2.05, 4.69) is 26.0 Å². The van der Waals surface area contributed by atoms with Crippen LogP contribution in [-0.2, 0) is 6.42 Å². The Morgan fingerprint density at radius 1 is 1.14 bits per heavy atom. The lowest BCUT2D eigenvalue weighted by Gasteiger charge is -2.40. The van der Waals surface area contributed by atoms with Gasteiger partial charge >= 0.3 is 0 Å². The van der Waals surface area contributed by atoms with Crippen molar-refractivity contribution < 1.29 is 10.2 Å². The Bertz CT molecular complexity index is 734. The summed E-state index contributed by atoms with van der Waals surface area (Å²) in [4.78, 5) is 0. The van der Waals surface area contributed by atoms with Gasteiger partial charge < -0.3 is 10.2 Å². The van der Waals surface area contributed by atoms with E-state index in [-0.39, 0.29) is 11.5 Å². The zero-order valence-electron chi connectivity index (χ0n) is 12.7. The fraction of sp³-hybridized carbons (Fsp3) is 0.474. The van der Waals surface area contributed by atoms with E-state index in [0.29, 0.717) is 11.7 Å². The van der Waals surface area contributed by atoms with Crippen LogP contribution in [0.1, 0.15) is 48.8 Å². The van der Waals surface area contributed by atoms with Crippen LogP contribution in [0.25, 0.3) is 10.8 Å². The second-order valence-corrected chi connectivity index (χ2v) is 7.11. The summed E-state index contributed by atoms with van der Waals surface area (Å²) >= 11 is 0. The third kappa shape index (κ3) is 1.63. The molecule has 0 heterocycles. The maximum Gasteiger partial charge on any atom is 0.123 e. The van der Waals surface area contributed by atoms with Crippen LogP contribution in [0.4, 0.5) is 0 Å². The number of hydrogen-bond donors (Lipinski definition) is 2. The Morgan fingerprint density at radius 2 is 1.95 bits per heavy atom. The van der Waals surface area contributed by atoms with E-state index >= 15 is 0 Å². The summed E-state index contributed by atoms with van der Waals surface area (Å²) in [5.74, 6) is 0.829. The Morgan fingerprint density at radius 3 is 2.76 bits per heavy atom. The minimum absolute atomic E-state index is 0.0140. The number of hydrogen-bond acceptors (Lipinski definition) is 2. The Labute approximate surface area is 125 Å². The highest BCUT2D eigenvalue weighted by Gasteiger charge is 2.49. The third-order valence-electron chi connectivity index (χ3n) is 6.10. The molecular formula is C19H22O2. The Balaban J connectivity index is 1.99. The number of fused-ring (bicyclic) bond motifs is 5. The zero-order chi connectivity index (χ0) is 14.8. The van der Waals surface area contributed by atoms with Gasteiger partial charge in [0.1, 0.15) is 5.75 Å². The van der Waals surface area contributed by atoms with Crippen molar-refractivity contribution in [1.82, 2.24) is 0 Å². The van der Waals surface area contributed by atoms with Crippen LogP contribution >= 0.6 is 0 Å². The predicted molar refractivity (Wildman–Crippen MR) is 84.8 cm³/mol. The molecule has 3 atom stereocenters. The van der Waals surface area contributed by atoms with Gasteiger partial charge in [0.05, 0.1) is 6.10 Å². The van der Waals surface area contributed by atoms with E-state index in [1.54, 1.807) is 0 Å². The topological polar surface area (TPSA) is 40.5 Å². The minimum atomic E-state index is -0.183. The van der Waals surface area contributed by atoms with Crippen molar-refractivity contribution in [1.29, 1.82) is 0 Å². The smallest absolute Gasteiger partial charge is 0.123 e. The molecular weight excluding hydrogens is 260 g/mol. The molecule has 2 aliphatic rings. The fourth-order valence-corrected chi connectivity index (χ4v) is 4.72. The molecule has 2 aliphatic carbocycles. The van der Waals surface area contributed by atoms with Gasteiger partial charge in [0.25, 0.3) is 0 Å². The standard InChI is InChI=1S/C19H22O2/c1-11-3-7-16(20)18-12(11)4-5-13-14(18)9-10-19(2)15(13)6-8-17(19)21/h3-5,7,15,17,20-21H,6,8-10H2,1-2H3/t15-,17-,19-/m0/s1. The molecule has 0 aromatic heterocycles. The average Bonchev–Trinajstić information content (AvgIpc) is 2.78. The molecule has 110 valence electrons. The monoisotopic (exact) mass is 282 g/mol. The minimum Gasteiger partial charge on any atom is -0.507 e. The summed E-state index contributed by atoms with van der Waals surface area (Å²) in [5, 5.41) is 22.9. The number of aryl methyl sites for hydroxylation is 2. The molecule has 2 aromatic rings. The molecule has 0 spiro atoms. The fourth-order valence-electron chi connectivity index (χ4n) is 4.72. The van der Waals surface area contributed by atoms with Gasteiger partial charge in [0, 0.05) is 10.8 Å². The van der Waals surface area contributed by atoms with Gasteiger partial charge in [-0.3, -0.25) is 0 Å². The van der Waals surface area contributed by atoms with Crippen LogP contribution in [0.15, 0.2) is 24.3 Å². The second-order valence-electron chi connectivity index (χ2n) is 7.11. The summed E-state index contributed by atoms with van der Waals surface area (Å²) in [7, 11) is 0. The molecule has 0 unspecified atom stereocenters. The number of benzene rings is 2. The Kier molecular flexibility index (Phi) is 2.65. The average molecular weight is 282 g/mol. The molecule has 0 bridgehead atoms. The maximum absolute atomic E-state index is 10.4. The van der Waals surface area contributed by atoms with Crippen LogP contribution in [0.3, 0.4) is 0 Å². The van der Waals surface area contributed by atoms with Crippen LogP contribution in [-0.4, -0.2) is 16.3 Å². The highest BCUT2D eigenvalue weighted by molar-refractivity contribution is 5.94. The van der Waals surface area contributed by atoms with E-state index in [4.69, 9.17) is 0 Å². The van der Waals surface area contributed by atoms with Crippen molar-refractivity contribution >= 4 is 10.8 Å². The normalized spacial score (nSPS) is 31.2. The van der Waals surface area contributed by atoms with E-state index in [0.717, 1.165) is 36.5 Å². The van der Waals surface area contributed by atoms with Gasteiger partial charge in [0.2, 0.25) is 0 Å². The molecule has 0 saturated heterocycles. The molecule has 4 rings (SSSR count). The van der Waals surface area contributed by atoms with Crippen LogP contribution in [0.2, 0.25) is 0 Å². The van der Waals surface area contributed by atoms with Crippen LogP contribution < -0.4 is 0 Å². The number of aliphatic hydroxyl groups is 1. The van der Waals surface area contributed by atoms with Gasteiger partial charge in [-0.25, -0.2) is 0 Å². The van der Waals surface area contributed by atoms with Gasteiger partial charge in [-0.05, 0) is 66.7 Å². The summed E-state index contributed by atoms with van der Waals surface area (Å²) in [5.41, 5.74) is 3.89. The number of phenolic OH excluding ortho intramolecular Hbond substituents is 1. The van der Waals surface area contributed by atoms with Crippen molar-refractivity contribution in [3.63, 3.8) is 0 Å². The molecule has 1 saturated carbocycles. The van der Waals surface area contributed by atoms with Gasteiger partial charge in [-0.15, -0.1) is 0 Å². The molecule has 2 N–H and O–H groups in total. The van der Waals surface area contributed by atoms with Crippen molar-refractivity contribution in [2.24, 2.45) is 5.41 Å². The first-order valence-electron chi connectivity index (χ1n) is 7.94. The van der Waals surface area contributed by atoms with Crippen molar-refractivity contribution in [2.75, 3.05) is 0 Å². The molecule has 1 fully saturated rings. The van der Waals surface area contributed by atoms with Crippen LogP contribution in [0, 0.1) is 12.3 Å². The first-order chi connectivity index (χ1) is 10.0. The number of aliphatic hydroxyl groups excluding tert-OH is 1. The molecule has 2 aromatic carbocycles. The van der Waals surface area contributed by atoms with Gasteiger partial charge in [-0.1, -0.05) is 25.1 Å². The lowest BCUT2D eigenvalue weighted by Crippen LogP contribution is -2.35. The predicted octanol–water partition coefficient (Wildman–Crippen LogP) is 4.04. The van der Waals surface area contributed by atoms with E-state index in [1.807, 2.05) is 12.1 Å². The number of rotatable bonds is 0. The van der Waals surface area contributed by atoms with Crippen molar-refractivity contribution in [2.45, 2.75) is 51.6 Å². The summed E-state index contributed by atoms with van der Waals surface area (Å²) in [6.45, 7) is 4.33. The highest BCUT2D eigenvalue weighted by atomic mass is 16.3.